The Balaban J connectivity index is 2.30. The Morgan fingerprint density at radius 2 is 1.83 bits per heavy atom. The Bertz CT molecular complexity index is 766. The topological polar surface area (TPSA) is 43.1 Å². The third-order valence-corrected chi connectivity index (χ3v) is 2.61. The van der Waals surface area contributed by atoms with E-state index in [1.165, 1.54) is 18.2 Å². The van der Waals surface area contributed by atoms with Gasteiger partial charge in [0.25, 0.3) is 0 Å². The van der Waals surface area contributed by atoms with Gasteiger partial charge < -0.3 is 4.42 Å². The number of aromatic nitrogens is 1. The molecule has 0 saturated carbocycles. The maximum atomic E-state index is 13.1. The second-order valence-corrected chi connectivity index (χ2v) is 3.83. The van der Waals surface area contributed by atoms with Gasteiger partial charge in [0.1, 0.15) is 5.82 Å². The molecule has 88 valence electrons. The van der Waals surface area contributed by atoms with E-state index in [2.05, 4.69) is 4.98 Å². The maximum Gasteiger partial charge on any atom is 0.347 e. The van der Waals surface area contributed by atoms with Gasteiger partial charge in [-0.1, -0.05) is 18.2 Å². The first-order valence-corrected chi connectivity index (χ1v) is 5.40. The number of hydrogen-bond acceptors (Lipinski definition) is 3. The normalized spacial score (nSPS) is 10.7. The molecule has 0 spiro atoms. The van der Waals surface area contributed by atoms with E-state index in [0.29, 0.717) is 11.1 Å². The molecule has 0 aliphatic rings. The molecular formula is C14H8FNO2. The molecular weight excluding hydrogens is 233 g/mol. The van der Waals surface area contributed by atoms with Crippen molar-refractivity contribution >= 4 is 10.9 Å². The van der Waals surface area contributed by atoms with Gasteiger partial charge in [-0.05, 0) is 24.3 Å². The van der Waals surface area contributed by atoms with Crippen molar-refractivity contribution in [2.45, 2.75) is 0 Å². The van der Waals surface area contributed by atoms with Crippen LogP contribution in [0.5, 0.6) is 0 Å². The van der Waals surface area contributed by atoms with E-state index in [9.17, 15) is 9.18 Å². The van der Waals surface area contributed by atoms with Crippen LogP contribution in [0.25, 0.3) is 22.4 Å². The first-order chi connectivity index (χ1) is 8.74. The minimum absolute atomic E-state index is 0.193. The molecule has 3 nitrogen and oxygen atoms in total. The second-order valence-electron chi connectivity index (χ2n) is 3.83. The van der Waals surface area contributed by atoms with E-state index in [0.717, 1.165) is 0 Å². The Morgan fingerprint density at radius 1 is 1.06 bits per heavy atom. The first kappa shape index (κ1) is 10.7. The maximum absolute atomic E-state index is 13.1. The summed E-state index contributed by atoms with van der Waals surface area (Å²) in [4.78, 5) is 15.9. The van der Waals surface area contributed by atoms with Crippen molar-refractivity contribution in [2.75, 3.05) is 0 Å². The summed E-state index contributed by atoms with van der Waals surface area (Å²) >= 11 is 0. The number of rotatable bonds is 1. The van der Waals surface area contributed by atoms with Crippen LogP contribution >= 0.6 is 0 Å². The highest BCUT2D eigenvalue weighted by Gasteiger charge is 2.08. The summed E-state index contributed by atoms with van der Waals surface area (Å²) in [6, 6.07) is 12.8. The lowest BCUT2D eigenvalue weighted by Gasteiger charge is -2.01. The van der Waals surface area contributed by atoms with E-state index >= 15 is 0 Å². The summed E-state index contributed by atoms with van der Waals surface area (Å²) < 4.78 is 18.3. The van der Waals surface area contributed by atoms with E-state index in [1.54, 1.807) is 12.1 Å². The van der Waals surface area contributed by atoms with Gasteiger partial charge in [-0.2, -0.15) is 0 Å². The van der Waals surface area contributed by atoms with Crippen molar-refractivity contribution in [2.24, 2.45) is 0 Å². The molecule has 1 heterocycles. The van der Waals surface area contributed by atoms with Crippen LogP contribution < -0.4 is 5.63 Å². The molecule has 4 heteroatoms. The second kappa shape index (κ2) is 4.07. The van der Waals surface area contributed by atoms with Gasteiger partial charge >= 0.3 is 5.63 Å². The molecule has 3 aromatic rings. The molecule has 0 fully saturated rings. The molecule has 0 saturated heterocycles. The van der Waals surface area contributed by atoms with E-state index < -0.39 is 11.4 Å². The minimum atomic E-state index is -0.515. The lowest BCUT2D eigenvalue weighted by molar-refractivity contribution is 0.518. The van der Waals surface area contributed by atoms with E-state index in [1.807, 2.05) is 18.2 Å². The van der Waals surface area contributed by atoms with Gasteiger partial charge in [-0.15, -0.1) is 0 Å². The highest BCUT2D eigenvalue weighted by atomic mass is 19.1. The highest BCUT2D eigenvalue weighted by Crippen LogP contribution is 2.18. The Hall–Kier alpha value is -2.49. The van der Waals surface area contributed by atoms with Crippen LogP contribution in [0.1, 0.15) is 0 Å². The summed E-state index contributed by atoms with van der Waals surface area (Å²) in [5.74, 6) is -0.238. The summed E-state index contributed by atoms with van der Waals surface area (Å²) in [7, 11) is 0. The Kier molecular flexibility index (Phi) is 2.41. The minimum Gasteiger partial charge on any atom is -0.403 e. The number of fused-ring (bicyclic) bond motifs is 1. The van der Waals surface area contributed by atoms with Gasteiger partial charge in [0.15, 0.2) is 0 Å². The summed E-state index contributed by atoms with van der Waals surface area (Å²) in [5, 5.41) is 0.274. The molecule has 1 aromatic heterocycles. The predicted octanol–water partition coefficient (Wildman–Crippen LogP) is 2.99. The van der Waals surface area contributed by atoms with Crippen LogP contribution in [-0.2, 0) is 0 Å². The fraction of sp³-hybridized carbons (Fsp3) is 0. The van der Waals surface area contributed by atoms with Crippen molar-refractivity contribution in [3.05, 3.63) is 64.8 Å². The average molecular weight is 241 g/mol. The largest absolute Gasteiger partial charge is 0.403 e. The molecule has 18 heavy (non-hydrogen) atoms. The smallest absolute Gasteiger partial charge is 0.347 e. The predicted molar refractivity (Wildman–Crippen MR) is 65.7 cm³/mol. The van der Waals surface area contributed by atoms with Crippen molar-refractivity contribution in [1.29, 1.82) is 0 Å². The molecule has 0 N–H and O–H groups in total. The Morgan fingerprint density at radius 3 is 2.61 bits per heavy atom. The standard InChI is InChI=1S/C14H8FNO2/c15-10-6-7-11-12(8-10)16-13(18-14(11)17)9-4-2-1-3-5-9/h1-8H. The molecule has 2 aromatic carbocycles. The summed E-state index contributed by atoms with van der Waals surface area (Å²) in [5.41, 5.74) is 0.463. The molecule has 0 atom stereocenters. The zero-order valence-electron chi connectivity index (χ0n) is 9.26. The number of benzene rings is 2. The molecule has 0 unspecified atom stereocenters. The van der Waals surface area contributed by atoms with Crippen molar-refractivity contribution in [3.63, 3.8) is 0 Å². The number of hydrogen-bond donors (Lipinski definition) is 0. The van der Waals surface area contributed by atoms with Crippen LogP contribution in [0.15, 0.2) is 57.7 Å². The molecule has 0 aliphatic heterocycles. The van der Waals surface area contributed by atoms with Gasteiger partial charge in [0, 0.05) is 11.6 Å². The van der Waals surface area contributed by atoms with Gasteiger partial charge in [-0.3, -0.25) is 0 Å². The van der Waals surface area contributed by atoms with Crippen molar-refractivity contribution in [3.8, 4) is 11.5 Å². The van der Waals surface area contributed by atoms with Crippen LogP contribution in [0.3, 0.4) is 0 Å². The van der Waals surface area contributed by atoms with Crippen LogP contribution in [-0.4, -0.2) is 4.98 Å². The summed E-state index contributed by atoms with van der Waals surface area (Å²) in [6.45, 7) is 0. The SMILES string of the molecule is O=c1oc(-c2ccccc2)nc2cc(F)ccc12. The number of nitrogens with zero attached hydrogens (tertiary/aromatic N) is 1. The zero-order valence-corrected chi connectivity index (χ0v) is 9.26. The van der Waals surface area contributed by atoms with Crippen LogP contribution in [0.4, 0.5) is 4.39 Å². The first-order valence-electron chi connectivity index (χ1n) is 5.40. The van der Waals surface area contributed by atoms with Crippen LogP contribution in [0, 0.1) is 5.82 Å². The van der Waals surface area contributed by atoms with Crippen LogP contribution in [0.2, 0.25) is 0 Å². The van der Waals surface area contributed by atoms with E-state index in [4.69, 9.17) is 4.42 Å². The highest BCUT2D eigenvalue weighted by molar-refractivity contribution is 5.78. The van der Waals surface area contributed by atoms with Gasteiger partial charge in [0.2, 0.25) is 5.89 Å². The lowest BCUT2D eigenvalue weighted by Crippen LogP contribution is -2.03. The third-order valence-electron chi connectivity index (χ3n) is 2.61. The van der Waals surface area contributed by atoms with E-state index in [-0.39, 0.29) is 11.3 Å². The molecule has 3 rings (SSSR count). The molecule has 0 radical (unpaired) electrons. The molecule has 0 bridgehead atoms. The average Bonchev–Trinajstić information content (AvgIpc) is 2.39. The molecule has 0 amide bonds. The molecule has 0 aliphatic carbocycles. The van der Waals surface area contributed by atoms with Crippen molar-refractivity contribution < 1.29 is 8.81 Å². The van der Waals surface area contributed by atoms with Crippen molar-refractivity contribution in [1.82, 2.24) is 4.98 Å². The quantitative estimate of drug-likeness (QED) is 0.657. The Labute approximate surface area is 102 Å². The van der Waals surface area contributed by atoms with Gasteiger partial charge in [-0.25, -0.2) is 14.2 Å². The number of halogens is 1. The van der Waals surface area contributed by atoms with Gasteiger partial charge in [0.05, 0.1) is 10.9 Å². The zero-order chi connectivity index (χ0) is 12.5. The monoisotopic (exact) mass is 241 g/mol. The fourth-order valence-electron chi connectivity index (χ4n) is 1.75. The summed E-state index contributed by atoms with van der Waals surface area (Å²) in [6.07, 6.45) is 0. The lowest BCUT2D eigenvalue weighted by atomic mass is 10.2. The third kappa shape index (κ3) is 1.78. The fourth-order valence-corrected chi connectivity index (χ4v) is 1.75.